The number of hydrogen-bond donors (Lipinski definition) is 2. The van der Waals surface area contributed by atoms with E-state index in [-0.39, 0.29) is 0 Å². The second kappa shape index (κ2) is 6.43. The number of carbonyl (C=O) groups excluding carboxylic acids is 1. The highest BCUT2D eigenvalue weighted by molar-refractivity contribution is 5.92. The van der Waals surface area contributed by atoms with E-state index in [1.165, 1.54) is 6.33 Å². The summed E-state index contributed by atoms with van der Waals surface area (Å²) in [5.41, 5.74) is 2.37. The summed E-state index contributed by atoms with van der Waals surface area (Å²) in [6.07, 6.45) is 2.79. The maximum atomic E-state index is 12.0. The molecular formula is C18H20N4O3. The van der Waals surface area contributed by atoms with Gasteiger partial charge in [0.05, 0.1) is 18.5 Å². The maximum Gasteiger partial charge on any atom is 0.412 e. The number of rotatable bonds is 3. The highest BCUT2D eigenvalue weighted by atomic mass is 16.6. The zero-order valence-corrected chi connectivity index (χ0v) is 14.6. The predicted octanol–water partition coefficient (Wildman–Crippen LogP) is 3.98. The summed E-state index contributed by atoms with van der Waals surface area (Å²) in [5, 5.41) is 3.62. The number of benzene rings is 1. The van der Waals surface area contributed by atoms with Gasteiger partial charge in [-0.25, -0.2) is 14.8 Å². The van der Waals surface area contributed by atoms with Gasteiger partial charge in [-0.05, 0) is 39.0 Å². The van der Waals surface area contributed by atoms with Crippen molar-refractivity contribution in [3.8, 4) is 17.0 Å². The molecule has 2 heterocycles. The van der Waals surface area contributed by atoms with E-state index < -0.39 is 11.7 Å². The number of nitrogens with zero attached hydrogens (tertiary/aromatic N) is 2. The van der Waals surface area contributed by atoms with Gasteiger partial charge in [-0.1, -0.05) is 6.07 Å². The minimum Gasteiger partial charge on any atom is -0.495 e. The number of ether oxygens (including phenoxy) is 2. The van der Waals surface area contributed by atoms with Crippen molar-refractivity contribution in [3.05, 3.63) is 36.8 Å². The average Bonchev–Trinajstić information content (AvgIpc) is 3.02. The first kappa shape index (κ1) is 16.8. The van der Waals surface area contributed by atoms with Crippen LogP contribution in [0.1, 0.15) is 20.8 Å². The molecule has 7 heteroatoms. The van der Waals surface area contributed by atoms with Crippen LogP contribution in [0.3, 0.4) is 0 Å². The lowest BCUT2D eigenvalue weighted by Gasteiger charge is -2.20. The van der Waals surface area contributed by atoms with Crippen molar-refractivity contribution in [1.29, 1.82) is 0 Å². The standard InChI is InChI=1S/C18H20N4O3/c1-18(2,3)25-17(23)22-13-6-5-11(9-14(13)24-4)15-12-7-8-19-16(12)21-10-20-15/h5-10H,1-4H3,(H,22,23)(H,19,20,21). The minimum atomic E-state index is -0.571. The fraction of sp³-hybridized carbons (Fsp3) is 0.278. The van der Waals surface area contributed by atoms with Gasteiger partial charge < -0.3 is 14.5 Å². The van der Waals surface area contributed by atoms with E-state index in [4.69, 9.17) is 9.47 Å². The minimum absolute atomic E-state index is 0.519. The molecule has 0 atom stereocenters. The van der Waals surface area contributed by atoms with Gasteiger partial charge in [0.25, 0.3) is 0 Å². The summed E-state index contributed by atoms with van der Waals surface area (Å²) in [6, 6.07) is 7.37. The molecule has 7 nitrogen and oxygen atoms in total. The molecule has 1 amide bonds. The van der Waals surface area contributed by atoms with Crippen LogP contribution in [0.15, 0.2) is 36.8 Å². The van der Waals surface area contributed by atoms with Gasteiger partial charge in [0.2, 0.25) is 0 Å². The van der Waals surface area contributed by atoms with E-state index in [1.807, 2.05) is 45.2 Å². The molecule has 130 valence electrons. The van der Waals surface area contributed by atoms with E-state index in [1.54, 1.807) is 13.2 Å². The van der Waals surface area contributed by atoms with Gasteiger partial charge >= 0.3 is 6.09 Å². The zero-order valence-electron chi connectivity index (χ0n) is 14.6. The lowest BCUT2D eigenvalue weighted by Crippen LogP contribution is -2.27. The van der Waals surface area contributed by atoms with Crippen LogP contribution < -0.4 is 10.1 Å². The predicted molar refractivity (Wildman–Crippen MR) is 95.7 cm³/mol. The van der Waals surface area contributed by atoms with Crippen LogP contribution in [0, 0.1) is 0 Å². The summed E-state index contributed by atoms with van der Waals surface area (Å²) in [7, 11) is 1.55. The molecule has 0 saturated carbocycles. The van der Waals surface area contributed by atoms with Crippen molar-refractivity contribution in [2.75, 3.05) is 12.4 Å². The topological polar surface area (TPSA) is 89.1 Å². The summed E-state index contributed by atoms with van der Waals surface area (Å²) in [4.78, 5) is 23.6. The molecular weight excluding hydrogens is 320 g/mol. The molecule has 0 aliphatic carbocycles. The largest absolute Gasteiger partial charge is 0.495 e. The molecule has 0 radical (unpaired) electrons. The summed E-state index contributed by atoms with van der Waals surface area (Å²) in [5.74, 6) is 0.519. The fourth-order valence-corrected chi connectivity index (χ4v) is 2.46. The number of carbonyl (C=O) groups is 1. The molecule has 0 aliphatic rings. The molecule has 0 aliphatic heterocycles. The zero-order chi connectivity index (χ0) is 18.0. The van der Waals surface area contributed by atoms with E-state index in [9.17, 15) is 4.79 Å². The number of amides is 1. The number of anilines is 1. The lowest BCUT2D eigenvalue weighted by atomic mass is 10.1. The van der Waals surface area contributed by atoms with Crippen LogP contribution in [0.5, 0.6) is 5.75 Å². The molecule has 0 unspecified atom stereocenters. The number of aromatic nitrogens is 3. The first-order valence-electron chi connectivity index (χ1n) is 7.84. The second-order valence-electron chi connectivity index (χ2n) is 6.50. The van der Waals surface area contributed by atoms with E-state index in [2.05, 4.69) is 20.3 Å². The van der Waals surface area contributed by atoms with E-state index in [0.717, 1.165) is 22.3 Å². The molecule has 0 bridgehead atoms. The van der Waals surface area contributed by atoms with Crippen molar-refractivity contribution >= 4 is 22.8 Å². The Morgan fingerprint density at radius 1 is 1.20 bits per heavy atom. The van der Waals surface area contributed by atoms with Gasteiger partial charge in [0.15, 0.2) is 0 Å². The molecule has 0 spiro atoms. The lowest BCUT2D eigenvalue weighted by molar-refractivity contribution is 0.0635. The third-order valence-corrected chi connectivity index (χ3v) is 3.46. The Kier molecular flexibility index (Phi) is 4.31. The Morgan fingerprint density at radius 3 is 2.72 bits per heavy atom. The monoisotopic (exact) mass is 340 g/mol. The van der Waals surface area contributed by atoms with Crippen molar-refractivity contribution < 1.29 is 14.3 Å². The maximum absolute atomic E-state index is 12.0. The van der Waals surface area contributed by atoms with Gasteiger partial charge in [-0.15, -0.1) is 0 Å². The van der Waals surface area contributed by atoms with Crippen LogP contribution in [-0.4, -0.2) is 33.8 Å². The Balaban J connectivity index is 1.92. The molecule has 0 saturated heterocycles. The second-order valence-corrected chi connectivity index (χ2v) is 6.50. The Morgan fingerprint density at radius 2 is 2.00 bits per heavy atom. The summed E-state index contributed by atoms with van der Waals surface area (Å²) in [6.45, 7) is 5.43. The van der Waals surface area contributed by atoms with Crippen molar-refractivity contribution in [2.45, 2.75) is 26.4 Å². The number of H-pyrrole nitrogens is 1. The Hall–Kier alpha value is -3.09. The van der Waals surface area contributed by atoms with Crippen molar-refractivity contribution in [3.63, 3.8) is 0 Å². The molecule has 0 fully saturated rings. The molecule has 1 aromatic carbocycles. The van der Waals surface area contributed by atoms with Crippen molar-refractivity contribution in [2.24, 2.45) is 0 Å². The summed E-state index contributed by atoms with van der Waals surface area (Å²) >= 11 is 0. The fourth-order valence-electron chi connectivity index (χ4n) is 2.46. The van der Waals surface area contributed by atoms with E-state index >= 15 is 0 Å². The molecule has 25 heavy (non-hydrogen) atoms. The highest BCUT2D eigenvalue weighted by Crippen LogP contribution is 2.32. The van der Waals surface area contributed by atoms with Crippen LogP contribution in [-0.2, 0) is 4.74 Å². The highest BCUT2D eigenvalue weighted by Gasteiger charge is 2.18. The first-order valence-corrected chi connectivity index (χ1v) is 7.84. The summed E-state index contributed by atoms with van der Waals surface area (Å²) < 4.78 is 10.7. The Labute approximate surface area is 145 Å². The van der Waals surface area contributed by atoms with Gasteiger partial charge in [0.1, 0.15) is 23.3 Å². The Bertz CT molecular complexity index is 912. The van der Waals surface area contributed by atoms with Crippen LogP contribution >= 0.6 is 0 Å². The van der Waals surface area contributed by atoms with E-state index in [0.29, 0.717) is 11.4 Å². The number of aromatic amines is 1. The number of methoxy groups -OCH3 is 1. The van der Waals surface area contributed by atoms with Gasteiger partial charge in [0, 0.05) is 17.1 Å². The van der Waals surface area contributed by atoms with Gasteiger partial charge in [-0.2, -0.15) is 0 Å². The number of hydrogen-bond acceptors (Lipinski definition) is 5. The first-order chi connectivity index (χ1) is 11.9. The van der Waals surface area contributed by atoms with Crippen LogP contribution in [0.4, 0.5) is 10.5 Å². The number of fused-ring (bicyclic) bond motifs is 1. The van der Waals surface area contributed by atoms with Crippen LogP contribution in [0.25, 0.3) is 22.3 Å². The van der Waals surface area contributed by atoms with Gasteiger partial charge in [-0.3, -0.25) is 5.32 Å². The number of nitrogens with one attached hydrogen (secondary N) is 2. The molecule has 3 rings (SSSR count). The quantitative estimate of drug-likeness (QED) is 0.753. The molecule has 3 aromatic rings. The normalized spacial score (nSPS) is 11.4. The average molecular weight is 340 g/mol. The van der Waals surface area contributed by atoms with Crippen molar-refractivity contribution in [1.82, 2.24) is 15.0 Å². The smallest absolute Gasteiger partial charge is 0.412 e. The third-order valence-electron chi connectivity index (χ3n) is 3.46. The SMILES string of the molecule is COc1cc(-c2ncnc3[nH]ccc23)ccc1NC(=O)OC(C)(C)C. The molecule has 2 N–H and O–H groups in total. The molecule has 2 aromatic heterocycles. The van der Waals surface area contributed by atoms with Crippen LogP contribution in [0.2, 0.25) is 0 Å². The third kappa shape index (κ3) is 3.71.